The first kappa shape index (κ1) is 23.4. The van der Waals surface area contributed by atoms with Gasteiger partial charge in [0, 0.05) is 18.7 Å². The Balaban J connectivity index is 1.85. The van der Waals surface area contributed by atoms with Gasteiger partial charge in [0.15, 0.2) is 0 Å². The van der Waals surface area contributed by atoms with Crippen LogP contribution < -0.4 is 21.9 Å². The molecule has 164 valence electrons. The molecule has 1 unspecified atom stereocenters. The van der Waals surface area contributed by atoms with E-state index in [9.17, 15) is 14.7 Å². The van der Waals surface area contributed by atoms with Crippen LogP contribution in [-0.4, -0.2) is 75.8 Å². The van der Waals surface area contributed by atoms with Gasteiger partial charge in [0.2, 0.25) is 5.91 Å². The molecule has 0 aliphatic rings. The number of rotatable bonds is 11. The van der Waals surface area contributed by atoms with Crippen molar-refractivity contribution in [1.29, 1.82) is 0 Å². The molecule has 2 aromatic rings. The summed E-state index contributed by atoms with van der Waals surface area (Å²) in [5, 5.41) is 24.1. The summed E-state index contributed by atoms with van der Waals surface area (Å²) in [6.07, 6.45) is 1.94. The third kappa shape index (κ3) is 7.52. The highest BCUT2D eigenvalue weighted by molar-refractivity contribution is 5.81. The summed E-state index contributed by atoms with van der Waals surface area (Å²) in [5.74, 6) is 4.49. The monoisotopic (exact) mass is 418 g/mol. The Kier molecular flexibility index (Phi) is 8.42. The molecule has 0 saturated carbocycles. The minimum atomic E-state index is -1.31. The topological polar surface area (TPSA) is 150 Å². The summed E-state index contributed by atoms with van der Waals surface area (Å²) in [4.78, 5) is 26.0. The van der Waals surface area contributed by atoms with Crippen LogP contribution in [-0.2, 0) is 16.1 Å². The SMILES string of the molecule is CN(C)CC(C)(O)N[C@@H](CCNC(=O)Cn1cc(-c2ccccc2)nn1)C(=O)NN. The van der Waals surface area contributed by atoms with Crippen LogP contribution in [0.3, 0.4) is 0 Å². The van der Waals surface area contributed by atoms with Crippen LogP contribution in [0.4, 0.5) is 0 Å². The first-order valence-corrected chi connectivity index (χ1v) is 9.57. The first-order valence-electron chi connectivity index (χ1n) is 9.57. The van der Waals surface area contributed by atoms with Crippen LogP contribution in [0.15, 0.2) is 36.5 Å². The lowest BCUT2D eigenvalue weighted by molar-refractivity contribution is -0.127. The maximum atomic E-state index is 12.2. The molecule has 1 aromatic heterocycles. The van der Waals surface area contributed by atoms with E-state index in [1.807, 2.05) is 44.4 Å². The summed E-state index contributed by atoms with van der Waals surface area (Å²) in [7, 11) is 3.61. The molecular weight excluding hydrogens is 388 g/mol. The van der Waals surface area contributed by atoms with Crippen LogP contribution in [0.1, 0.15) is 13.3 Å². The van der Waals surface area contributed by atoms with Crippen molar-refractivity contribution in [2.75, 3.05) is 27.2 Å². The van der Waals surface area contributed by atoms with Gasteiger partial charge in [-0.1, -0.05) is 35.5 Å². The van der Waals surface area contributed by atoms with E-state index < -0.39 is 17.7 Å². The molecule has 30 heavy (non-hydrogen) atoms. The minimum Gasteiger partial charge on any atom is -0.375 e. The van der Waals surface area contributed by atoms with Crippen LogP contribution in [0, 0.1) is 0 Å². The summed E-state index contributed by atoms with van der Waals surface area (Å²) >= 11 is 0. The first-order chi connectivity index (χ1) is 14.2. The Labute approximate surface area is 175 Å². The van der Waals surface area contributed by atoms with Crippen LogP contribution in [0.5, 0.6) is 0 Å². The standard InChI is InChI=1S/C19H30N8O3/c1-19(30,13-26(2)3)22-15(18(29)23-20)9-10-21-17(28)12-27-11-16(24-25-27)14-7-5-4-6-8-14/h4-8,11,15,22,30H,9-10,12-13,20H2,1-3H3,(H,21,28)(H,23,29)/t15-,19?/m0/s1. The van der Waals surface area contributed by atoms with E-state index in [-0.39, 0.29) is 25.4 Å². The predicted octanol–water partition coefficient (Wildman–Crippen LogP) is -1.33. The summed E-state index contributed by atoms with van der Waals surface area (Å²) in [6, 6.07) is 8.76. The molecule has 6 N–H and O–H groups in total. The van der Waals surface area contributed by atoms with E-state index in [1.165, 1.54) is 4.68 Å². The van der Waals surface area contributed by atoms with Crippen molar-refractivity contribution in [2.24, 2.45) is 5.84 Å². The number of hydrogen-bond acceptors (Lipinski definition) is 8. The minimum absolute atomic E-state index is 0.000636. The van der Waals surface area contributed by atoms with E-state index in [0.29, 0.717) is 12.2 Å². The quantitative estimate of drug-likeness (QED) is 0.130. The molecule has 0 bridgehead atoms. The Morgan fingerprint density at radius 2 is 2.00 bits per heavy atom. The Hall–Kier alpha value is -2.86. The van der Waals surface area contributed by atoms with Gasteiger partial charge in [-0.05, 0) is 27.4 Å². The normalized spacial score (nSPS) is 14.2. The fraction of sp³-hybridized carbons (Fsp3) is 0.474. The van der Waals surface area contributed by atoms with Gasteiger partial charge in [0.1, 0.15) is 18.0 Å². The maximum absolute atomic E-state index is 12.2. The molecule has 0 spiro atoms. The lowest BCUT2D eigenvalue weighted by Crippen LogP contribution is -2.59. The van der Waals surface area contributed by atoms with Crippen molar-refractivity contribution in [3.05, 3.63) is 36.5 Å². The molecule has 0 radical (unpaired) electrons. The second-order valence-corrected chi connectivity index (χ2v) is 7.52. The number of aliphatic hydroxyl groups is 1. The van der Waals surface area contributed by atoms with E-state index >= 15 is 0 Å². The molecule has 2 rings (SSSR count). The second-order valence-electron chi connectivity index (χ2n) is 7.52. The molecule has 2 amide bonds. The van der Waals surface area contributed by atoms with Gasteiger partial charge in [-0.3, -0.25) is 20.3 Å². The molecular formula is C19H30N8O3. The van der Waals surface area contributed by atoms with Crippen molar-refractivity contribution in [1.82, 2.24) is 36.0 Å². The second kappa shape index (κ2) is 10.8. The van der Waals surface area contributed by atoms with Gasteiger partial charge in [-0.2, -0.15) is 0 Å². The molecule has 11 heteroatoms. The number of nitrogens with zero attached hydrogens (tertiary/aromatic N) is 4. The van der Waals surface area contributed by atoms with Crippen molar-refractivity contribution in [3.63, 3.8) is 0 Å². The Morgan fingerprint density at radius 3 is 2.63 bits per heavy atom. The van der Waals surface area contributed by atoms with E-state index in [4.69, 9.17) is 5.84 Å². The van der Waals surface area contributed by atoms with Gasteiger partial charge in [-0.15, -0.1) is 5.10 Å². The van der Waals surface area contributed by atoms with Gasteiger partial charge >= 0.3 is 0 Å². The third-order valence-electron chi connectivity index (χ3n) is 4.24. The highest BCUT2D eigenvalue weighted by Gasteiger charge is 2.28. The molecule has 0 saturated heterocycles. The van der Waals surface area contributed by atoms with Gasteiger partial charge in [0.05, 0.1) is 12.2 Å². The molecule has 2 atom stereocenters. The van der Waals surface area contributed by atoms with Crippen molar-refractivity contribution in [3.8, 4) is 11.3 Å². The number of hydrazine groups is 1. The van der Waals surface area contributed by atoms with Gasteiger partial charge in [-0.25, -0.2) is 10.5 Å². The number of hydrogen-bond donors (Lipinski definition) is 5. The molecule has 1 aromatic carbocycles. The number of carbonyl (C=O) groups is 2. The van der Waals surface area contributed by atoms with Crippen molar-refractivity contribution >= 4 is 11.8 Å². The van der Waals surface area contributed by atoms with Crippen LogP contribution in [0.25, 0.3) is 11.3 Å². The average molecular weight is 419 g/mol. The van der Waals surface area contributed by atoms with Crippen LogP contribution >= 0.6 is 0 Å². The summed E-state index contributed by atoms with van der Waals surface area (Å²) in [6.45, 7) is 2.07. The van der Waals surface area contributed by atoms with Gasteiger partial charge in [0.25, 0.3) is 5.91 Å². The number of aromatic nitrogens is 3. The molecule has 1 heterocycles. The predicted molar refractivity (Wildman–Crippen MR) is 112 cm³/mol. The number of benzene rings is 1. The van der Waals surface area contributed by atoms with Crippen LogP contribution in [0.2, 0.25) is 0 Å². The lowest BCUT2D eigenvalue weighted by atomic mass is 10.1. The third-order valence-corrected chi connectivity index (χ3v) is 4.24. The zero-order chi connectivity index (χ0) is 22.1. The number of likely N-dealkylation sites (N-methyl/N-ethyl adjacent to an activating group) is 1. The fourth-order valence-electron chi connectivity index (χ4n) is 3.08. The maximum Gasteiger partial charge on any atom is 0.251 e. The fourth-order valence-corrected chi connectivity index (χ4v) is 3.08. The zero-order valence-electron chi connectivity index (χ0n) is 17.5. The number of nitrogens with one attached hydrogen (secondary N) is 3. The highest BCUT2D eigenvalue weighted by Crippen LogP contribution is 2.14. The molecule has 0 fully saturated rings. The van der Waals surface area contributed by atoms with E-state index in [0.717, 1.165) is 5.56 Å². The van der Waals surface area contributed by atoms with Crippen molar-refractivity contribution in [2.45, 2.75) is 31.7 Å². The smallest absolute Gasteiger partial charge is 0.251 e. The lowest BCUT2D eigenvalue weighted by Gasteiger charge is -2.32. The largest absolute Gasteiger partial charge is 0.375 e. The zero-order valence-corrected chi connectivity index (χ0v) is 17.5. The molecule has 0 aliphatic heterocycles. The number of carbonyl (C=O) groups excluding carboxylic acids is 2. The molecule has 11 nitrogen and oxygen atoms in total. The molecule has 0 aliphatic carbocycles. The van der Waals surface area contributed by atoms with E-state index in [1.54, 1.807) is 18.0 Å². The van der Waals surface area contributed by atoms with E-state index in [2.05, 4.69) is 26.4 Å². The van der Waals surface area contributed by atoms with Crippen molar-refractivity contribution < 1.29 is 14.7 Å². The Morgan fingerprint density at radius 1 is 1.30 bits per heavy atom. The summed E-state index contributed by atoms with van der Waals surface area (Å²) in [5.41, 5.74) is 2.36. The average Bonchev–Trinajstić information content (AvgIpc) is 3.14. The summed E-state index contributed by atoms with van der Waals surface area (Å²) < 4.78 is 1.45. The number of nitrogens with two attached hydrogens (primary N) is 1. The number of amides is 2. The Bertz CT molecular complexity index is 822. The van der Waals surface area contributed by atoms with Gasteiger partial charge < -0.3 is 15.3 Å². The highest BCUT2D eigenvalue weighted by atomic mass is 16.3.